The summed E-state index contributed by atoms with van der Waals surface area (Å²) in [5.41, 5.74) is 3.26. The molecule has 3 rings (SSSR count). The van der Waals surface area contributed by atoms with E-state index in [1.165, 1.54) is 5.56 Å². The molecular weight excluding hydrogens is 396 g/mol. The third-order valence-electron chi connectivity index (χ3n) is 4.58. The number of ether oxygens (including phenoxy) is 1. The van der Waals surface area contributed by atoms with Gasteiger partial charge in [-0.15, -0.1) is 0 Å². The molecule has 0 radical (unpaired) electrons. The van der Waals surface area contributed by atoms with Gasteiger partial charge in [0, 0.05) is 42.7 Å². The van der Waals surface area contributed by atoms with Crippen molar-refractivity contribution in [3.8, 4) is 11.1 Å². The van der Waals surface area contributed by atoms with Crippen LogP contribution in [0.2, 0.25) is 0 Å². The van der Waals surface area contributed by atoms with Gasteiger partial charge in [-0.3, -0.25) is 9.00 Å². The van der Waals surface area contributed by atoms with Gasteiger partial charge in [0.1, 0.15) is 5.75 Å². The number of carbonyl (C=O) groups excluding carboxylic acids is 2. The first-order valence-electron chi connectivity index (χ1n) is 9.22. The van der Waals surface area contributed by atoms with Crippen LogP contribution < -0.4 is 0 Å². The molecule has 2 amide bonds. The Morgan fingerprint density at radius 1 is 1.04 bits per heavy atom. The SMILES string of the molecule is CCOC(=O)N1CCN(C(=O)CS(=O)Cc2ccc(-c3ccsc3)cc2)CC1. The summed E-state index contributed by atoms with van der Waals surface area (Å²) in [6, 6.07) is 10.0. The Labute approximate surface area is 171 Å². The molecule has 2 heterocycles. The molecule has 1 aliphatic rings. The molecule has 2 aromatic rings. The predicted molar refractivity (Wildman–Crippen MR) is 112 cm³/mol. The van der Waals surface area contributed by atoms with Crippen molar-refractivity contribution in [2.24, 2.45) is 0 Å². The molecule has 1 atom stereocenters. The maximum absolute atomic E-state index is 12.4. The summed E-state index contributed by atoms with van der Waals surface area (Å²) in [5.74, 6) is 0.237. The largest absolute Gasteiger partial charge is 0.450 e. The van der Waals surface area contributed by atoms with Gasteiger partial charge in [0.15, 0.2) is 0 Å². The van der Waals surface area contributed by atoms with E-state index in [-0.39, 0.29) is 17.8 Å². The van der Waals surface area contributed by atoms with Crippen molar-refractivity contribution in [2.45, 2.75) is 12.7 Å². The highest BCUT2D eigenvalue weighted by Crippen LogP contribution is 2.22. The number of rotatable bonds is 6. The standard InChI is InChI=1S/C20H24N2O4S2/c1-2-26-20(24)22-10-8-21(9-11-22)19(23)15-28(25)14-16-3-5-17(6-4-16)18-7-12-27-13-18/h3-7,12-13H,2,8-11,14-15H2,1H3. The zero-order valence-electron chi connectivity index (χ0n) is 15.8. The fourth-order valence-electron chi connectivity index (χ4n) is 3.04. The number of hydrogen-bond donors (Lipinski definition) is 0. The van der Waals surface area contributed by atoms with E-state index in [0.717, 1.165) is 11.1 Å². The van der Waals surface area contributed by atoms with Gasteiger partial charge >= 0.3 is 6.09 Å². The van der Waals surface area contributed by atoms with Crippen LogP contribution in [0, 0.1) is 0 Å². The van der Waals surface area contributed by atoms with Crippen LogP contribution in [0.4, 0.5) is 4.79 Å². The van der Waals surface area contributed by atoms with E-state index in [0.29, 0.717) is 38.5 Å². The maximum Gasteiger partial charge on any atom is 0.409 e. The number of nitrogens with zero attached hydrogens (tertiary/aromatic N) is 2. The summed E-state index contributed by atoms with van der Waals surface area (Å²) >= 11 is 1.65. The fourth-order valence-corrected chi connectivity index (χ4v) is 4.83. The fraction of sp³-hybridized carbons (Fsp3) is 0.400. The van der Waals surface area contributed by atoms with Gasteiger partial charge in [0.25, 0.3) is 0 Å². The molecule has 1 saturated heterocycles. The third-order valence-corrected chi connectivity index (χ3v) is 6.49. The Kier molecular flexibility index (Phi) is 7.22. The Morgan fingerprint density at radius 2 is 1.71 bits per heavy atom. The van der Waals surface area contributed by atoms with Crippen LogP contribution >= 0.6 is 11.3 Å². The minimum Gasteiger partial charge on any atom is -0.450 e. The van der Waals surface area contributed by atoms with E-state index >= 15 is 0 Å². The normalized spacial score (nSPS) is 15.3. The summed E-state index contributed by atoms with van der Waals surface area (Å²) in [4.78, 5) is 27.4. The van der Waals surface area contributed by atoms with Gasteiger partial charge in [-0.25, -0.2) is 4.79 Å². The Balaban J connectivity index is 1.46. The van der Waals surface area contributed by atoms with E-state index in [1.54, 1.807) is 28.1 Å². The summed E-state index contributed by atoms with van der Waals surface area (Å²) < 4.78 is 17.4. The van der Waals surface area contributed by atoms with E-state index in [9.17, 15) is 13.8 Å². The van der Waals surface area contributed by atoms with Crippen LogP contribution in [0.5, 0.6) is 0 Å². The van der Waals surface area contributed by atoms with Crippen molar-refractivity contribution in [1.29, 1.82) is 0 Å². The van der Waals surface area contributed by atoms with Gasteiger partial charge in [-0.1, -0.05) is 24.3 Å². The van der Waals surface area contributed by atoms with Crippen LogP contribution in [0.25, 0.3) is 11.1 Å². The van der Waals surface area contributed by atoms with Gasteiger partial charge in [0.2, 0.25) is 5.91 Å². The molecule has 0 bridgehead atoms. The van der Waals surface area contributed by atoms with E-state index in [1.807, 2.05) is 29.6 Å². The zero-order valence-corrected chi connectivity index (χ0v) is 17.5. The van der Waals surface area contributed by atoms with Crippen molar-refractivity contribution < 1.29 is 18.5 Å². The first-order valence-corrected chi connectivity index (χ1v) is 11.7. The molecule has 0 N–H and O–H groups in total. The molecule has 1 unspecified atom stereocenters. The number of piperazine rings is 1. The minimum atomic E-state index is -1.26. The van der Waals surface area contributed by atoms with E-state index in [2.05, 4.69) is 11.4 Å². The predicted octanol–water partition coefficient (Wildman–Crippen LogP) is 2.96. The Bertz CT molecular complexity index is 813. The average molecular weight is 421 g/mol. The molecule has 1 fully saturated rings. The lowest BCUT2D eigenvalue weighted by atomic mass is 10.1. The highest BCUT2D eigenvalue weighted by molar-refractivity contribution is 7.84. The van der Waals surface area contributed by atoms with E-state index < -0.39 is 10.8 Å². The lowest BCUT2D eigenvalue weighted by Crippen LogP contribution is -2.51. The molecule has 0 saturated carbocycles. The summed E-state index contributed by atoms with van der Waals surface area (Å²) in [7, 11) is -1.26. The second-order valence-electron chi connectivity index (χ2n) is 6.50. The first-order chi connectivity index (χ1) is 13.6. The highest BCUT2D eigenvalue weighted by atomic mass is 32.2. The molecule has 150 valence electrons. The maximum atomic E-state index is 12.4. The Hall–Kier alpha value is -2.19. The van der Waals surface area contributed by atoms with Crippen LogP contribution in [-0.2, 0) is 26.1 Å². The van der Waals surface area contributed by atoms with Gasteiger partial charge in [-0.2, -0.15) is 11.3 Å². The van der Waals surface area contributed by atoms with Gasteiger partial charge in [-0.05, 0) is 40.4 Å². The Morgan fingerprint density at radius 3 is 2.32 bits per heavy atom. The summed E-state index contributed by atoms with van der Waals surface area (Å²) in [6.07, 6.45) is -0.343. The minimum absolute atomic E-state index is 0.00564. The van der Waals surface area contributed by atoms with Crippen molar-refractivity contribution in [2.75, 3.05) is 38.5 Å². The number of thiophene rings is 1. The molecule has 28 heavy (non-hydrogen) atoms. The average Bonchev–Trinajstić information content (AvgIpc) is 3.23. The quantitative estimate of drug-likeness (QED) is 0.721. The summed E-state index contributed by atoms with van der Waals surface area (Å²) in [5, 5.41) is 4.13. The van der Waals surface area contributed by atoms with Gasteiger partial charge in [0.05, 0.1) is 6.61 Å². The van der Waals surface area contributed by atoms with Crippen LogP contribution in [0.1, 0.15) is 12.5 Å². The third kappa shape index (κ3) is 5.42. The van der Waals surface area contributed by atoms with Crippen molar-refractivity contribution >= 4 is 34.1 Å². The number of hydrogen-bond acceptors (Lipinski definition) is 5. The first kappa shape index (κ1) is 20.5. The molecule has 0 spiro atoms. The van der Waals surface area contributed by atoms with E-state index in [4.69, 9.17) is 4.74 Å². The molecule has 6 nitrogen and oxygen atoms in total. The van der Waals surface area contributed by atoms with Crippen molar-refractivity contribution in [3.05, 3.63) is 46.7 Å². The van der Waals surface area contributed by atoms with Crippen LogP contribution in [0.3, 0.4) is 0 Å². The number of amides is 2. The number of carbonyl (C=O) groups is 2. The molecule has 0 aliphatic carbocycles. The monoisotopic (exact) mass is 420 g/mol. The molecule has 1 aliphatic heterocycles. The lowest BCUT2D eigenvalue weighted by molar-refractivity contribution is -0.129. The van der Waals surface area contributed by atoms with Crippen LogP contribution in [0.15, 0.2) is 41.1 Å². The molecule has 1 aromatic carbocycles. The molecular formula is C20H24N2O4S2. The zero-order chi connectivity index (χ0) is 19.9. The molecule has 1 aromatic heterocycles. The van der Waals surface area contributed by atoms with Gasteiger partial charge < -0.3 is 14.5 Å². The molecule has 8 heteroatoms. The van der Waals surface area contributed by atoms with Crippen molar-refractivity contribution in [3.63, 3.8) is 0 Å². The highest BCUT2D eigenvalue weighted by Gasteiger charge is 2.25. The lowest BCUT2D eigenvalue weighted by Gasteiger charge is -2.34. The van der Waals surface area contributed by atoms with Crippen LogP contribution in [-0.4, -0.2) is 64.5 Å². The van der Waals surface area contributed by atoms with Crippen molar-refractivity contribution in [1.82, 2.24) is 9.80 Å². The topological polar surface area (TPSA) is 66.9 Å². The summed E-state index contributed by atoms with van der Waals surface area (Å²) in [6.45, 7) is 3.89. The smallest absolute Gasteiger partial charge is 0.409 e. The number of benzene rings is 1. The second kappa shape index (κ2) is 9.84. The second-order valence-corrected chi connectivity index (χ2v) is 8.74.